The molecule has 2 rings (SSSR count). The van der Waals surface area contributed by atoms with E-state index in [4.69, 9.17) is 40.0 Å². The summed E-state index contributed by atoms with van der Waals surface area (Å²) in [4.78, 5) is 12.8. The molecular formula is C26H37ClO8. The smallest absolute Gasteiger partial charge is 0.342 e. The summed E-state index contributed by atoms with van der Waals surface area (Å²) in [5.41, 5.74) is 0.209. The fourth-order valence-electron chi connectivity index (χ4n) is 4.12. The Morgan fingerprint density at radius 2 is 2.03 bits per heavy atom. The van der Waals surface area contributed by atoms with Crippen molar-refractivity contribution in [3.8, 4) is 11.5 Å². The van der Waals surface area contributed by atoms with Gasteiger partial charge in [0.1, 0.15) is 30.0 Å². The van der Waals surface area contributed by atoms with Crippen molar-refractivity contribution in [1.82, 2.24) is 0 Å². The minimum absolute atomic E-state index is 0.0467. The molecule has 1 N–H and O–H groups in total. The van der Waals surface area contributed by atoms with Gasteiger partial charge in [-0.1, -0.05) is 30.3 Å². The second-order valence-electron chi connectivity index (χ2n) is 8.83. The largest absolute Gasteiger partial charge is 0.507 e. The Bertz CT molecular complexity index is 885. The van der Waals surface area contributed by atoms with Crippen molar-refractivity contribution in [3.63, 3.8) is 0 Å². The molecule has 0 radical (unpaired) electrons. The predicted molar refractivity (Wildman–Crippen MR) is 134 cm³/mol. The number of methoxy groups -OCH3 is 2. The van der Waals surface area contributed by atoms with Crippen molar-refractivity contribution in [1.29, 1.82) is 0 Å². The number of rotatable bonds is 14. The van der Waals surface area contributed by atoms with Crippen LogP contribution in [0.2, 0.25) is 5.02 Å². The molecule has 35 heavy (non-hydrogen) atoms. The quantitative estimate of drug-likeness (QED) is 0.198. The Morgan fingerprint density at radius 3 is 2.63 bits per heavy atom. The van der Waals surface area contributed by atoms with Crippen molar-refractivity contribution in [3.05, 3.63) is 41.4 Å². The number of ether oxygens (including phenoxy) is 6. The predicted octanol–water partition coefficient (Wildman–Crippen LogP) is 5.50. The van der Waals surface area contributed by atoms with Crippen molar-refractivity contribution in [2.75, 3.05) is 21.0 Å². The zero-order chi connectivity index (χ0) is 26.2. The van der Waals surface area contributed by atoms with Crippen LogP contribution in [0.5, 0.6) is 11.5 Å². The summed E-state index contributed by atoms with van der Waals surface area (Å²) in [6, 6.07) is 1.28. The molecule has 8 nitrogen and oxygen atoms in total. The van der Waals surface area contributed by atoms with Gasteiger partial charge in [-0.05, 0) is 46.5 Å². The van der Waals surface area contributed by atoms with Gasteiger partial charge in [-0.3, -0.25) is 0 Å². The van der Waals surface area contributed by atoms with Crippen LogP contribution in [0, 0.1) is 0 Å². The highest BCUT2D eigenvalue weighted by atomic mass is 35.5. The topological polar surface area (TPSA) is 92.7 Å². The number of benzene rings is 1. The number of aromatic hydroxyl groups is 1. The molecule has 1 aromatic carbocycles. The van der Waals surface area contributed by atoms with Gasteiger partial charge in [0.25, 0.3) is 0 Å². The van der Waals surface area contributed by atoms with Crippen LogP contribution in [0.1, 0.15) is 62.4 Å². The van der Waals surface area contributed by atoms with E-state index >= 15 is 0 Å². The molecule has 0 spiro atoms. The Balaban J connectivity index is 2.00. The fraction of sp³-hybridized carbons (Fsp3) is 0.577. The van der Waals surface area contributed by atoms with Crippen molar-refractivity contribution in [2.24, 2.45) is 0 Å². The summed E-state index contributed by atoms with van der Waals surface area (Å²) in [6.45, 7) is 13.2. The van der Waals surface area contributed by atoms with Crippen LogP contribution >= 0.6 is 11.6 Å². The number of phenolic OH excluding ortho intramolecular Hbond substituents is 1. The van der Waals surface area contributed by atoms with Gasteiger partial charge in [-0.25, -0.2) is 4.79 Å². The molecule has 0 bridgehead atoms. The van der Waals surface area contributed by atoms with E-state index in [-0.39, 0.29) is 52.8 Å². The Kier molecular flexibility index (Phi) is 11.0. The van der Waals surface area contributed by atoms with Crippen LogP contribution in [0.3, 0.4) is 0 Å². The number of carbonyl (C=O) groups excluding carboxylic acids is 1. The molecule has 0 saturated carbocycles. The van der Waals surface area contributed by atoms with Crippen LogP contribution in [-0.4, -0.2) is 62.3 Å². The second kappa shape index (κ2) is 13.3. The number of hydrogen-bond acceptors (Lipinski definition) is 8. The van der Waals surface area contributed by atoms with E-state index in [0.29, 0.717) is 25.7 Å². The van der Waals surface area contributed by atoms with Crippen LogP contribution < -0.4 is 4.74 Å². The van der Waals surface area contributed by atoms with Gasteiger partial charge in [0.15, 0.2) is 5.79 Å². The minimum Gasteiger partial charge on any atom is -0.507 e. The zero-order valence-corrected chi connectivity index (χ0v) is 21.9. The molecule has 1 fully saturated rings. The number of hydrogen-bond donors (Lipinski definition) is 1. The highest BCUT2D eigenvalue weighted by Gasteiger charge is 2.45. The SMILES string of the molecule is C=CC[C@H](OCOC)[C@H]1OC(C)(C)O[C@@H]1CCC[C@H](C)OC(=O)c1c(O)cc(OC)c(Cl)c1C=C. The summed E-state index contributed by atoms with van der Waals surface area (Å²) in [6.07, 6.45) is 4.58. The molecule has 1 aliphatic rings. The highest BCUT2D eigenvalue weighted by molar-refractivity contribution is 6.34. The first-order chi connectivity index (χ1) is 16.6. The third-order valence-corrected chi connectivity index (χ3v) is 6.06. The molecule has 9 heteroatoms. The van der Waals surface area contributed by atoms with E-state index in [1.807, 2.05) is 13.8 Å². The minimum atomic E-state index is -0.741. The molecule has 0 aliphatic carbocycles. The molecule has 0 unspecified atom stereocenters. The van der Waals surface area contributed by atoms with E-state index in [1.165, 1.54) is 19.3 Å². The fourth-order valence-corrected chi connectivity index (χ4v) is 4.42. The van der Waals surface area contributed by atoms with Crippen LogP contribution in [0.25, 0.3) is 6.08 Å². The number of esters is 1. The van der Waals surface area contributed by atoms with E-state index in [0.717, 1.165) is 0 Å². The van der Waals surface area contributed by atoms with Gasteiger partial charge in [-0.15, -0.1) is 6.58 Å². The summed E-state index contributed by atoms with van der Waals surface area (Å²) in [5, 5.41) is 10.5. The molecule has 1 aromatic rings. The molecule has 0 amide bonds. The van der Waals surface area contributed by atoms with Crippen molar-refractivity contribution in [2.45, 2.75) is 76.7 Å². The standard InChI is InChI=1S/C26H37ClO8/c1-8-11-19(32-15-30-6)24-20(34-26(4,5)35-24)13-10-12-16(3)33-25(29)22-17(9-2)23(27)21(31-7)14-18(22)28/h8-9,14,16,19-20,24,28H,1-2,10-13,15H2,3-7H3/t16-,19-,20+,24+/m0/s1. The Hall–Kier alpha value is -2.10. The Morgan fingerprint density at radius 1 is 1.31 bits per heavy atom. The molecule has 1 heterocycles. The lowest BCUT2D eigenvalue weighted by Crippen LogP contribution is -2.37. The van der Waals surface area contributed by atoms with E-state index in [1.54, 1.807) is 20.1 Å². The van der Waals surface area contributed by atoms with E-state index in [2.05, 4.69) is 13.2 Å². The molecule has 196 valence electrons. The zero-order valence-electron chi connectivity index (χ0n) is 21.2. The number of halogens is 1. The summed E-state index contributed by atoms with van der Waals surface area (Å²) in [7, 11) is 2.99. The van der Waals surface area contributed by atoms with Crippen LogP contribution in [-0.2, 0) is 23.7 Å². The van der Waals surface area contributed by atoms with Crippen LogP contribution in [0.15, 0.2) is 25.3 Å². The molecule has 4 atom stereocenters. The highest BCUT2D eigenvalue weighted by Crippen LogP contribution is 2.38. The lowest BCUT2D eigenvalue weighted by Gasteiger charge is -2.26. The van der Waals surface area contributed by atoms with Gasteiger partial charge in [0.05, 0.1) is 30.4 Å². The van der Waals surface area contributed by atoms with E-state index in [9.17, 15) is 9.90 Å². The molecule has 0 aromatic heterocycles. The monoisotopic (exact) mass is 512 g/mol. The average molecular weight is 513 g/mol. The molecular weight excluding hydrogens is 476 g/mol. The summed E-state index contributed by atoms with van der Waals surface area (Å²) in [5.74, 6) is -1.48. The first-order valence-electron chi connectivity index (χ1n) is 11.6. The third-order valence-electron chi connectivity index (χ3n) is 5.67. The number of carbonyl (C=O) groups is 1. The first kappa shape index (κ1) is 29.1. The summed E-state index contributed by atoms with van der Waals surface area (Å²) >= 11 is 6.27. The van der Waals surface area contributed by atoms with Gasteiger partial charge in [0.2, 0.25) is 0 Å². The second-order valence-corrected chi connectivity index (χ2v) is 9.20. The maximum Gasteiger partial charge on any atom is 0.342 e. The van der Waals surface area contributed by atoms with Gasteiger partial charge in [-0.2, -0.15) is 0 Å². The van der Waals surface area contributed by atoms with Gasteiger partial charge < -0.3 is 33.5 Å². The average Bonchev–Trinajstić information content (AvgIpc) is 3.11. The van der Waals surface area contributed by atoms with Gasteiger partial charge in [0, 0.05) is 18.7 Å². The normalized spacial score (nSPS) is 20.7. The maximum absolute atomic E-state index is 12.8. The Labute approximate surface area is 212 Å². The molecule has 1 aliphatic heterocycles. The lowest BCUT2D eigenvalue weighted by molar-refractivity contribution is -0.169. The summed E-state index contributed by atoms with van der Waals surface area (Å²) < 4.78 is 33.8. The van der Waals surface area contributed by atoms with Crippen molar-refractivity contribution >= 4 is 23.6 Å². The van der Waals surface area contributed by atoms with Crippen LogP contribution in [0.4, 0.5) is 0 Å². The van der Waals surface area contributed by atoms with Gasteiger partial charge >= 0.3 is 5.97 Å². The number of phenols is 1. The lowest BCUT2D eigenvalue weighted by atomic mass is 9.99. The van der Waals surface area contributed by atoms with E-state index < -0.39 is 17.9 Å². The third kappa shape index (κ3) is 7.69. The first-order valence-corrected chi connectivity index (χ1v) is 12.0. The maximum atomic E-state index is 12.8. The van der Waals surface area contributed by atoms with Crippen molar-refractivity contribution < 1.29 is 38.3 Å². The molecule has 1 saturated heterocycles.